The summed E-state index contributed by atoms with van der Waals surface area (Å²) >= 11 is 0. The molecule has 2 heterocycles. The van der Waals surface area contributed by atoms with Crippen LogP contribution in [0.1, 0.15) is 20.3 Å². The van der Waals surface area contributed by atoms with Crippen LogP contribution in [0.3, 0.4) is 0 Å². The van der Waals surface area contributed by atoms with Gasteiger partial charge in [-0.15, -0.1) is 0 Å². The Morgan fingerprint density at radius 1 is 1.33 bits per heavy atom. The summed E-state index contributed by atoms with van der Waals surface area (Å²) in [5.41, 5.74) is 0. The molecule has 0 spiro atoms. The molecule has 0 amide bonds. The van der Waals surface area contributed by atoms with Gasteiger partial charge < -0.3 is 4.74 Å². The Labute approximate surface area is 89.6 Å². The maximum Gasteiger partial charge on any atom is 0.253 e. The smallest absolute Gasteiger partial charge is 0.253 e. The van der Waals surface area contributed by atoms with Crippen LogP contribution in [0.5, 0.6) is 0 Å². The van der Waals surface area contributed by atoms with Gasteiger partial charge in [-0.25, -0.2) is 8.78 Å². The van der Waals surface area contributed by atoms with E-state index in [4.69, 9.17) is 4.74 Å². The number of hydrogen-bond donors (Lipinski definition) is 0. The highest BCUT2D eigenvalue weighted by atomic mass is 19.3. The molecule has 0 aliphatic carbocycles. The Morgan fingerprint density at radius 3 is 2.47 bits per heavy atom. The van der Waals surface area contributed by atoms with Crippen LogP contribution in [0, 0.1) is 11.8 Å². The lowest BCUT2D eigenvalue weighted by molar-refractivity contribution is -0.153. The number of halogens is 2. The zero-order chi connectivity index (χ0) is 11.1. The molecule has 0 radical (unpaired) electrons. The number of ether oxygens (including phenoxy) is 1. The van der Waals surface area contributed by atoms with Crippen LogP contribution in [0.4, 0.5) is 8.78 Å². The van der Waals surface area contributed by atoms with Crippen molar-refractivity contribution in [1.29, 1.82) is 0 Å². The highest BCUT2D eigenvalue weighted by Gasteiger charge is 2.47. The summed E-state index contributed by atoms with van der Waals surface area (Å²) in [5.74, 6) is -2.93. The topological polar surface area (TPSA) is 12.5 Å². The number of nitrogens with zero attached hydrogens (tertiary/aromatic N) is 1. The van der Waals surface area contributed by atoms with Gasteiger partial charge in [0, 0.05) is 25.4 Å². The average Bonchev–Trinajstić information content (AvgIpc) is 2.04. The highest BCUT2D eigenvalue weighted by Crippen LogP contribution is 2.38. The summed E-state index contributed by atoms with van der Waals surface area (Å²) < 4.78 is 32.3. The monoisotopic (exact) mass is 219 g/mol. The van der Waals surface area contributed by atoms with E-state index in [1.807, 2.05) is 13.8 Å². The van der Waals surface area contributed by atoms with Crippen molar-refractivity contribution in [2.24, 2.45) is 11.8 Å². The summed E-state index contributed by atoms with van der Waals surface area (Å²) in [5, 5.41) is 0. The molecule has 2 fully saturated rings. The lowest BCUT2D eigenvalue weighted by Crippen LogP contribution is -2.57. The third-order valence-electron chi connectivity index (χ3n) is 3.65. The molecule has 88 valence electrons. The molecule has 0 aromatic carbocycles. The standard InChI is InChI=1S/C11H19F2NO/c1-8(2)10-5-14(9-6-15-7-9)4-3-11(10,12)13/h8-10H,3-7H2,1-2H3/t10-/m1/s1. The van der Waals surface area contributed by atoms with E-state index in [-0.39, 0.29) is 12.3 Å². The molecule has 0 aromatic heterocycles. The molecule has 0 aromatic rings. The van der Waals surface area contributed by atoms with Gasteiger partial charge in [0.25, 0.3) is 5.92 Å². The van der Waals surface area contributed by atoms with Crippen LogP contribution >= 0.6 is 0 Å². The quantitative estimate of drug-likeness (QED) is 0.704. The summed E-state index contributed by atoms with van der Waals surface area (Å²) in [7, 11) is 0. The first kappa shape index (κ1) is 11.3. The summed E-state index contributed by atoms with van der Waals surface area (Å²) in [6.45, 7) is 6.26. The third-order valence-corrected chi connectivity index (χ3v) is 3.65. The van der Waals surface area contributed by atoms with E-state index in [9.17, 15) is 8.78 Å². The van der Waals surface area contributed by atoms with Crippen molar-refractivity contribution in [3.8, 4) is 0 Å². The zero-order valence-electron chi connectivity index (χ0n) is 9.38. The third kappa shape index (κ3) is 2.16. The molecule has 2 aliphatic heterocycles. The SMILES string of the molecule is CC(C)[C@H]1CN(C2COC2)CCC1(F)F. The zero-order valence-corrected chi connectivity index (χ0v) is 9.38. The van der Waals surface area contributed by atoms with Crippen LogP contribution < -0.4 is 0 Å². The summed E-state index contributed by atoms with van der Waals surface area (Å²) in [6.07, 6.45) is 0.00630. The highest BCUT2D eigenvalue weighted by molar-refractivity contribution is 4.91. The molecule has 0 N–H and O–H groups in total. The number of hydrogen-bond acceptors (Lipinski definition) is 2. The summed E-state index contributed by atoms with van der Waals surface area (Å²) in [6, 6.07) is 0.391. The fraction of sp³-hybridized carbons (Fsp3) is 1.00. The molecular weight excluding hydrogens is 200 g/mol. The molecule has 0 saturated carbocycles. The first-order valence-electron chi connectivity index (χ1n) is 5.70. The lowest BCUT2D eigenvalue weighted by Gasteiger charge is -2.46. The predicted molar refractivity (Wildman–Crippen MR) is 54.1 cm³/mol. The second-order valence-electron chi connectivity index (χ2n) is 5.05. The van der Waals surface area contributed by atoms with Gasteiger partial charge in [-0.2, -0.15) is 0 Å². The molecular formula is C11H19F2NO. The molecule has 0 bridgehead atoms. The van der Waals surface area contributed by atoms with Crippen molar-refractivity contribution in [3.63, 3.8) is 0 Å². The Kier molecular flexibility index (Phi) is 2.99. The van der Waals surface area contributed by atoms with Crippen molar-refractivity contribution >= 4 is 0 Å². The van der Waals surface area contributed by atoms with E-state index in [0.29, 0.717) is 19.1 Å². The van der Waals surface area contributed by atoms with E-state index >= 15 is 0 Å². The van der Waals surface area contributed by atoms with E-state index in [2.05, 4.69) is 4.90 Å². The average molecular weight is 219 g/mol. The number of piperidine rings is 1. The second-order valence-corrected chi connectivity index (χ2v) is 5.05. The van der Waals surface area contributed by atoms with Crippen LogP contribution in [-0.4, -0.2) is 43.2 Å². The normalized spacial score (nSPS) is 33.0. The largest absolute Gasteiger partial charge is 0.378 e. The number of alkyl halides is 2. The van der Waals surface area contributed by atoms with Crippen LogP contribution in [0.15, 0.2) is 0 Å². The molecule has 2 rings (SSSR count). The van der Waals surface area contributed by atoms with Gasteiger partial charge in [0.15, 0.2) is 0 Å². The molecule has 2 aliphatic rings. The minimum Gasteiger partial charge on any atom is -0.378 e. The van der Waals surface area contributed by atoms with Gasteiger partial charge >= 0.3 is 0 Å². The maximum atomic E-state index is 13.6. The van der Waals surface area contributed by atoms with Crippen LogP contribution in [0.25, 0.3) is 0 Å². The second kappa shape index (κ2) is 3.98. The first-order valence-corrected chi connectivity index (χ1v) is 5.70. The van der Waals surface area contributed by atoms with Crippen LogP contribution in [0.2, 0.25) is 0 Å². The Balaban J connectivity index is 1.99. The maximum absolute atomic E-state index is 13.6. The first-order chi connectivity index (χ1) is 7.00. The Bertz CT molecular complexity index is 229. The number of rotatable bonds is 2. The molecule has 1 atom stereocenters. The van der Waals surface area contributed by atoms with Crippen molar-refractivity contribution in [2.45, 2.75) is 32.2 Å². The van der Waals surface area contributed by atoms with Gasteiger partial charge in [-0.3, -0.25) is 4.90 Å². The van der Waals surface area contributed by atoms with Gasteiger partial charge in [-0.05, 0) is 5.92 Å². The van der Waals surface area contributed by atoms with E-state index in [1.165, 1.54) is 0 Å². The Hall–Kier alpha value is -0.220. The van der Waals surface area contributed by atoms with E-state index < -0.39 is 11.8 Å². The fourth-order valence-electron chi connectivity index (χ4n) is 2.42. The Morgan fingerprint density at radius 2 is 2.00 bits per heavy atom. The van der Waals surface area contributed by atoms with E-state index in [1.54, 1.807) is 0 Å². The minimum atomic E-state index is -2.48. The molecule has 2 nitrogen and oxygen atoms in total. The van der Waals surface area contributed by atoms with Crippen LogP contribution in [-0.2, 0) is 4.74 Å². The van der Waals surface area contributed by atoms with Crippen molar-refractivity contribution in [3.05, 3.63) is 0 Å². The molecule has 2 saturated heterocycles. The lowest BCUT2D eigenvalue weighted by atomic mass is 9.84. The van der Waals surface area contributed by atoms with Crippen molar-refractivity contribution < 1.29 is 13.5 Å². The van der Waals surface area contributed by atoms with Gasteiger partial charge in [0.1, 0.15) is 0 Å². The van der Waals surface area contributed by atoms with Gasteiger partial charge in [-0.1, -0.05) is 13.8 Å². The van der Waals surface area contributed by atoms with E-state index in [0.717, 1.165) is 13.2 Å². The van der Waals surface area contributed by atoms with Crippen molar-refractivity contribution in [1.82, 2.24) is 4.90 Å². The summed E-state index contributed by atoms with van der Waals surface area (Å²) in [4.78, 5) is 2.17. The van der Waals surface area contributed by atoms with Crippen molar-refractivity contribution in [2.75, 3.05) is 26.3 Å². The molecule has 4 heteroatoms. The fourth-order valence-corrected chi connectivity index (χ4v) is 2.42. The number of likely N-dealkylation sites (tertiary alicyclic amines) is 1. The molecule has 15 heavy (non-hydrogen) atoms. The minimum absolute atomic E-state index is 0.00630. The molecule has 0 unspecified atom stereocenters. The van der Waals surface area contributed by atoms with Gasteiger partial charge in [0.2, 0.25) is 0 Å². The predicted octanol–water partition coefficient (Wildman–Crippen LogP) is 2.00. The van der Waals surface area contributed by atoms with Gasteiger partial charge in [0.05, 0.1) is 19.3 Å².